The predicted octanol–water partition coefficient (Wildman–Crippen LogP) is 2.10. The van der Waals surface area contributed by atoms with Crippen molar-refractivity contribution in [2.75, 3.05) is 0 Å². The molecule has 0 fully saturated rings. The number of nitrogens with zero attached hydrogens (tertiary/aromatic N) is 4. The Kier molecular flexibility index (Phi) is 5.13. The normalized spacial score (nSPS) is 12.0. The van der Waals surface area contributed by atoms with Gasteiger partial charge >= 0.3 is 5.69 Å². The van der Waals surface area contributed by atoms with Gasteiger partial charge in [0.05, 0.1) is 16.8 Å². The second-order valence-corrected chi connectivity index (χ2v) is 6.03. The van der Waals surface area contributed by atoms with Crippen LogP contribution in [-0.4, -0.2) is 25.7 Å². The van der Waals surface area contributed by atoms with Crippen LogP contribution in [0.5, 0.6) is 0 Å². The minimum absolute atomic E-state index is 0.297. The topological polar surface area (TPSA) is 81.8 Å². The molecular formula is C17H15ClFN5O2. The summed E-state index contributed by atoms with van der Waals surface area (Å²) in [6, 6.07) is 12.1. The van der Waals surface area contributed by atoms with Gasteiger partial charge in [-0.05, 0) is 47.2 Å². The second-order valence-electron chi connectivity index (χ2n) is 5.62. The lowest BCUT2D eigenvalue weighted by Gasteiger charge is -2.13. The van der Waals surface area contributed by atoms with Crippen molar-refractivity contribution in [3.63, 3.8) is 0 Å². The van der Waals surface area contributed by atoms with Crippen LogP contribution in [0.15, 0.2) is 53.3 Å². The van der Waals surface area contributed by atoms with Gasteiger partial charge in [-0.3, -0.25) is 4.79 Å². The maximum absolute atomic E-state index is 13.0. The van der Waals surface area contributed by atoms with E-state index in [1.165, 1.54) is 12.1 Å². The van der Waals surface area contributed by atoms with E-state index in [1.54, 1.807) is 43.3 Å². The van der Waals surface area contributed by atoms with Crippen molar-refractivity contribution in [2.24, 2.45) is 0 Å². The molecular weight excluding hydrogens is 361 g/mol. The Hall–Kier alpha value is -3.00. The van der Waals surface area contributed by atoms with Crippen molar-refractivity contribution in [3.8, 4) is 5.69 Å². The van der Waals surface area contributed by atoms with Crippen molar-refractivity contribution in [1.29, 1.82) is 0 Å². The van der Waals surface area contributed by atoms with E-state index in [0.29, 0.717) is 10.7 Å². The van der Waals surface area contributed by atoms with E-state index in [4.69, 9.17) is 11.6 Å². The zero-order chi connectivity index (χ0) is 18.7. The largest absolute Gasteiger partial charge is 0.369 e. The van der Waals surface area contributed by atoms with Crippen molar-refractivity contribution >= 4 is 17.5 Å². The minimum atomic E-state index is -0.581. The van der Waals surface area contributed by atoms with E-state index in [9.17, 15) is 14.0 Å². The van der Waals surface area contributed by atoms with E-state index < -0.39 is 11.6 Å². The van der Waals surface area contributed by atoms with Crippen molar-refractivity contribution in [3.05, 3.63) is 75.4 Å². The SMILES string of the molecule is CC(NC(=O)Cn1nnn(-c2ccccc2Cl)c1=O)c1ccc(F)cc1. The summed E-state index contributed by atoms with van der Waals surface area (Å²) in [7, 11) is 0. The maximum Gasteiger partial charge on any atom is 0.369 e. The van der Waals surface area contributed by atoms with Crippen molar-refractivity contribution < 1.29 is 9.18 Å². The van der Waals surface area contributed by atoms with E-state index in [-0.39, 0.29) is 18.4 Å². The molecule has 0 aliphatic heterocycles. The van der Waals surface area contributed by atoms with Crippen LogP contribution >= 0.6 is 11.6 Å². The number of rotatable bonds is 5. The molecule has 1 atom stereocenters. The Morgan fingerprint density at radius 3 is 2.58 bits per heavy atom. The van der Waals surface area contributed by atoms with Gasteiger partial charge in [0.2, 0.25) is 5.91 Å². The second kappa shape index (κ2) is 7.49. The van der Waals surface area contributed by atoms with Crippen LogP contribution < -0.4 is 11.0 Å². The number of carbonyl (C=O) groups excluding carboxylic acids is 1. The zero-order valence-electron chi connectivity index (χ0n) is 13.8. The smallest absolute Gasteiger partial charge is 0.348 e. The number of hydrogen-bond acceptors (Lipinski definition) is 4. The van der Waals surface area contributed by atoms with Crippen LogP contribution in [-0.2, 0) is 11.3 Å². The average molecular weight is 376 g/mol. The highest BCUT2D eigenvalue weighted by Crippen LogP contribution is 2.17. The molecule has 0 radical (unpaired) electrons. The van der Waals surface area contributed by atoms with Crippen LogP contribution in [0, 0.1) is 5.82 Å². The molecule has 0 saturated carbocycles. The highest BCUT2D eigenvalue weighted by molar-refractivity contribution is 6.32. The van der Waals surface area contributed by atoms with Crippen LogP contribution in [0.3, 0.4) is 0 Å². The highest BCUT2D eigenvalue weighted by Gasteiger charge is 2.15. The lowest BCUT2D eigenvalue weighted by Crippen LogP contribution is -2.34. The van der Waals surface area contributed by atoms with E-state index in [1.807, 2.05) is 0 Å². The molecule has 26 heavy (non-hydrogen) atoms. The number of tetrazole rings is 1. The van der Waals surface area contributed by atoms with Crippen molar-refractivity contribution in [2.45, 2.75) is 19.5 Å². The molecule has 0 spiro atoms. The summed E-state index contributed by atoms with van der Waals surface area (Å²) in [4.78, 5) is 24.6. The van der Waals surface area contributed by atoms with E-state index in [0.717, 1.165) is 14.9 Å². The monoisotopic (exact) mass is 375 g/mol. The molecule has 7 nitrogen and oxygen atoms in total. The maximum atomic E-state index is 13.0. The quantitative estimate of drug-likeness (QED) is 0.740. The zero-order valence-corrected chi connectivity index (χ0v) is 14.5. The molecule has 1 aromatic heterocycles. The number of nitrogens with one attached hydrogen (secondary N) is 1. The first kappa shape index (κ1) is 17.8. The molecule has 3 rings (SSSR count). The summed E-state index contributed by atoms with van der Waals surface area (Å²) in [6.07, 6.45) is 0. The minimum Gasteiger partial charge on any atom is -0.348 e. The standard InChI is InChI=1S/C17H15ClFN5O2/c1-11(12-6-8-13(19)9-7-12)20-16(25)10-23-17(26)24(22-21-23)15-5-3-2-4-14(15)18/h2-9,11H,10H2,1H3,(H,20,25). The van der Waals surface area contributed by atoms with Crippen LogP contribution in [0.1, 0.15) is 18.5 Å². The number of hydrogen-bond donors (Lipinski definition) is 1. The number of carbonyl (C=O) groups is 1. The van der Waals surface area contributed by atoms with Gasteiger partial charge in [0.25, 0.3) is 0 Å². The van der Waals surface area contributed by atoms with Crippen LogP contribution in [0.25, 0.3) is 5.69 Å². The molecule has 2 aromatic carbocycles. The van der Waals surface area contributed by atoms with E-state index in [2.05, 4.69) is 15.7 Å². The summed E-state index contributed by atoms with van der Waals surface area (Å²) in [5.41, 5.74) is 0.542. The summed E-state index contributed by atoms with van der Waals surface area (Å²) in [5, 5.41) is 10.5. The Morgan fingerprint density at radius 1 is 1.19 bits per heavy atom. The fraction of sp³-hybridized carbons (Fsp3) is 0.176. The lowest BCUT2D eigenvalue weighted by molar-refractivity contribution is -0.122. The first-order chi connectivity index (χ1) is 12.5. The van der Waals surface area contributed by atoms with Gasteiger partial charge in [0.1, 0.15) is 12.4 Å². The molecule has 1 unspecified atom stereocenters. The fourth-order valence-corrected chi connectivity index (χ4v) is 2.62. The van der Waals surface area contributed by atoms with Gasteiger partial charge in [-0.1, -0.05) is 35.9 Å². The molecule has 134 valence electrons. The number of aromatic nitrogens is 4. The van der Waals surface area contributed by atoms with Gasteiger partial charge in [-0.2, -0.15) is 9.36 Å². The number of amides is 1. The predicted molar refractivity (Wildman–Crippen MR) is 93.6 cm³/mol. The molecule has 9 heteroatoms. The van der Waals surface area contributed by atoms with Gasteiger partial charge in [0.15, 0.2) is 0 Å². The first-order valence-electron chi connectivity index (χ1n) is 7.78. The third-order valence-electron chi connectivity index (χ3n) is 3.76. The third-order valence-corrected chi connectivity index (χ3v) is 4.08. The van der Waals surface area contributed by atoms with Crippen LogP contribution in [0.2, 0.25) is 5.02 Å². The Morgan fingerprint density at radius 2 is 1.88 bits per heavy atom. The molecule has 0 aliphatic carbocycles. The third kappa shape index (κ3) is 3.80. The molecule has 1 amide bonds. The van der Waals surface area contributed by atoms with Crippen molar-refractivity contribution in [1.82, 2.24) is 25.1 Å². The molecule has 0 aliphatic rings. The highest BCUT2D eigenvalue weighted by atomic mass is 35.5. The number of benzene rings is 2. The number of halogens is 2. The molecule has 3 aromatic rings. The Bertz CT molecular complexity index is 983. The fourth-order valence-electron chi connectivity index (χ4n) is 2.41. The molecule has 1 N–H and O–H groups in total. The summed E-state index contributed by atoms with van der Waals surface area (Å²) in [5.74, 6) is -0.773. The Balaban J connectivity index is 1.71. The van der Waals surface area contributed by atoms with E-state index >= 15 is 0 Å². The molecule has 0 saturated heterocycles. The van der Waals surface area contributed by atoms with Gasteiger partial charge in [-0.25, -0.2) is 9.18 Å². The van der Waals surface area contributed by atoms with Gasteiger partial charge in [0, 0.05) is 0 Å². The molecule has 1 heterocycles. The number of para-hydroxylation sites is 1. The average Bonchev–Trinajstić information content (AvgIpc) is 2.96. The Labute approximate surface area is 153 Å². The van der Waals surface area contributed by atoms with Gasteiger partial charge in [-0.15, -0.1) is 0 Å². The summed E-state index contributed by atoms with van der Waals surface area (Å²) in [6.45, 7) is 1.46. The first-order valence-corrected chi connectivity index (χ1v) is 8.16. The molecule has 0 bridgehead atoms. The van der Waals surface area contributed by atoms with Gasteiger partial charge < -0.3 is 5.32 Å². The summed E-state index contributed by atoms with van der Waals surface area (Å²) < 4.78 is 14.9. The summed E-state index contributed by atoms with van der Waals surface area (Å²) >= 11 is 6.05. The van der Waals surface area contributed by atoms with Crippen LogP contribution in [0.4, 0.5) is 4.39 Å². The lowest BCUT2D eigenvalue weighted by atomic mass is 10.1.